The summed E-state index contributed by atoms with van der Waals surface area (Å²) in [7, 11) is 0. The molecule has 6 heteroatoms. The van der Waals surface area contributed by atoms with E-state index in [-0.39, 0.29) is 14.1 Å². The van der Waals surface area contributed by atoms with E-state index in [0.29, 0.717) is 0 Å². The highest BCUT2D eigenvalue weighted by Gasteiger charge is 1.93. The number of hydrogen-bond acceptors (Lipinski definition) is 3. The minimum atomic E-state index is 0. The van der Waals surface area contributed by atoms with Gasteiger partial charge in [0, 0.05) is 0 Å². The van der Waals surface area contributed by atoms with E-state index in [2.05, 4.69) is 5.32 Å². The average Bonchev–Trinajstić information content (AvgIpc) is 2.43. The Kier molecular flexibility index (Phi) is 38.8. The van der Waals surface area contributed by atoms with Crippen molar-refractivity contribution in [3.8, 4) is 0 Å². The summed E-state index contributed by atoms with van der Waals surface area (Å²) in [5.74, 6) is 0. The molecule has 0 bridgehead atoms. The Morgan fingerprint density at radius 2 is 0.682 bits per heavy atom. The van der Waals surface area contributed by atoms with Crippen molar-refractivity contribution in [1.29, 1.82) is 0 Å². The lowest BCUT2D eigenvalue weighted by Crippen LogP contribution is -2.16. The van der Waals surface area contributed by atoms with Gasteiger partial charge >= 0.3 is 0 Å². The quantitative estimate of drug-likeness (QED) is 0.378. The first kappa shape index (κ1) is 29.7. The second-order valence-electron chi connectivity index (χ2n) is 5.57. The Balaban J connectivity index is -0.000000540. The zero-order chi connectivity index (χ0) is 14.0. The van der Waals surface area contributed by atoms with Gasteiger partial charge in [0.15, 0.2) is 0 Å². The smallest absolute Gasteiger partial charge is 0.00489 e. The maximum Gasteiger partial charge on any atom is -0.00489 e. The molecule has 0 rings (SSSR count). The van der Waals surface area contributed by atoms with Gasteiger partial charge in [-0.3, -0.25) is 14.1 Å². The predicted molar refractivity (Wildman–Crippen MR) is 93.9 cm³/mol. The van der Waals surface area contributed by atoms with Crippen molar-refractivity contribution < 1.29 is 14.1 Å². The first-order valence-corrected chi connectivity index (χ1v) is 8.52. The second kappa shape index (κ2) is 28.8. The highest BCUT2D eigenvalue weighted by molar-refractivity contribution is 4.52. The number of hydrogen-bond donors (Lipinski definition) is 3. The van der Waals surface area contributed by atoms with Gasteiger partial charge in [-0.1, -0.05) is 51.4 Å². The maximum atomic E-state index is 5.47. The third-order valence-corrected chi connectivity index (χ3v) is 3.62. The summed E-state index contributed by atoms with van der Waals surface area (Å²) >= 11 is 0. The molecule has 0 aliphatic carbocycles. The first-order chi connectivity index (χ1) is 9.41. The van der Waals surface area contributed by atoms with Crippen LogP contribution in [-0.2, 0) is 0 Å². The van der Waals surface area contributed by atoms with Crippen LogP contribution in [0.4, 0.5) is 14.1 Å². The molecule has 0 heterocycles. The molecule has 0 saturated heterocycles. The Morgan fingerprint density at radius 3 is 1.00 bits per heavy atom. The number of unbranched alkanes of at least 4 members (excludes halogenated alkanes) is 10. The predicted octanol–water partition coefficient (Wildman–Crippen LogP) is 3.63. The Labute approximate surface area is 135 Å². The van der Waals surface area contributed by atoms with Crippen LogP contribution in [-0.4, -0.2) is 26.2 Å². The molecular weight excluding hydrogens is 291 g/mol. The van der Waals surface area contributed by atoms with Gasteiger partial charge in [0.1, 0.15) is 0 Å². The van der Waals surface area contributed by atoms with Crippen molar-refractivity contribution >= 4 is 0 Å². The minimum Gasteiger partial charge on any atom is -0.330 e. The van der Waals surface area contributed by atoms with Gasteiger partial charge in [-0.05, 0) is 51.9 Å². The highest BCUT2D eigenvalue weighted by atomic mass is 19.0. The van der Waals surface area contributed by atoms with Crippen molar-refractivity contribution in [3.63, 3.8) is 0 Å². The highest BCUT2D eigenvalue weighted by Crippen LogP contribution is 2.05. The SMILES string of the molecule is F.F.F.NCCCCCCCCNCCCCCCCCN. The third-order valence-electron chi connectivity index (χ3n) is 3.62. The Bertz CT molecular complexity index is 148. The van der Waals surface area contributed by atoms with E-state index in [1.165, 1.54) is 90.1 Å². The van der Waals surface area contributed by atoms with Gasteiger partial charge in [-0.25, -0.2) is 0 Å². The van der Waals surface area contributed by atoms with Crippen LogP contribution in [0.15, 0.2) is 0 Å². The topological polar surface area (TPSA) is 64.1 Å². The summed E-state index contributed by atoms with van der Waals surface area (Å²) < 4.78 is 0. The molecule has 0 aliphatic rings. The van der Waals surface area contributed by atoms with Gasteiger partial charge in [0.2, 0.25) is 0 Å². The lowest BCUT2D eigenvalue weighted by molar-refractivity contribution is 0.540. The molecule has 0 fully saturated rings. The van der Waals surface area contributed by atoms with Crippen LogP contribution in [0.2, 0.25) is 0 Å². The fraction of sp³-hybridized carbons (Fsp3) is 1.00. The molecule has 3 nitrogen and oxygen atoms in total. The Morgan fingerprint density at radius 1 is 0.409 bits per heavy atom. The minimum absolute atomic E-state index is 0. The van der Waals surface area contributed by atoms with Crippen molar-refractivity contribution in [2.75, 3.05) is 26.2 Å². The van der Waals surface area contributed by atoms with Gasteiger partial charge in [-0.2, -0.15) is 0 Å². The zero-order valence-corrected chi connectivity index (χ0v) is 14.2. The van der Waals surface area contributed by atoms with Crippen LogP contribution in [0.25, 0.3) is 0 Å². The lowest BCUT2D eigenvalue weighted by atomic mass is 10.1. The maximum absolute atomic E-state index is 5.47. The molecule has 140 valence electrons. The number of halogens is 3. The van der Waals surface area contributed by atoms with Crippen LogP contribution in [0, 0.1) is 0 Å². The summed E-state index contributed by atoms with van der Waals surface area (Å²) in [5, 5.41) is 3.55. The van der Waals surface area contributed by atoms with Gasteiger partial charge in [-0.15, -0.1) is 0 Å². The van der Waals surface area contributed by atoms with Gasteiger partial charge < -0.3 is 16.8 Å². The molecule has 0 aromatic rings. The van der Waals surface area contributed by atoms with Crippen LogP contribution < -0.4 is 16.8 Å². The molecule has 0 unspecified atom stereocenters. The fourth-order valence-electron chi connectivity index (χ4n) is 2.33. The molecule has 0 aromatic carbocycles. The summed E-state index contributed by atoms with van der Waals surface area (Å²) in [6.07, 6.45) is 15.9. The van der Waals surface area contributed by atoms with Gasteiger partial charge in [0.05, 0.1) is 0 Å². The van der Waals surface area contributed by atoms with E-state index >= 15 is 0 Å². The first-order valence-electron chi connectivity index (χ1n) is 8.52. The summed E-state index contributed by atoms with van der Waals surface area (Å²) in [6.45, 7) is 4.11. The summed E-state index contributed by atoms with van der Waals surface area (Å²) in [6, 6.07) is 0. The van der Waals surface area contributed by atoms with Crippen LogP contribution in [0.3, 0.4) is 0 Å². The Hall–Kier alpha value is -0.330. The molecule has 0 aliphatic heterocycles. The van der Waals surface area contributed by atoms with Crippen molar-refractivity contribution in [3.05, 3.63) is 0 Å². The van der Waals surface area contributed by atoms with Crippen LogP contribution in [0.1, 0.15) is 77.0 Å². The van der Waals surface area contributed by atoms with Crippen LogP contribution >= 0.6 is 0 Å². The van der Waals surface area contributed by atoms with E-state index in [4.69, 9.17) is 11.5 Å². The molecular formula is C16H40F3N3. The summed E-state index contributed by atoms with van der Waals surface area (Å²) in [5.41, 5.74) is 10.9. The van der Waals surface area contributed by atoms with Gasteiger partial charge in [0.25, 0.3) is 0 Å². The normalized spacial score (nSPS) is 9.55. The number of rotatable bonds is 16. The molecule has 0 atom stereocenters. The number of nitrogens with one attached hydrogen (secondary N) is 1. The summed E-state index contributed by atoms with van der Waals surface area (Å²) in [4.78, 5) is 0. The third kappa shape index (κ3) is 27.9. The molecule has 0 aromatic heterocycles. The molecule has 5 N–H and O–H groups in total. The van der Waals surface area contributed by atoms with Crippen molar-refractivity contribution in [2.45, 2.75) is 77.0 Å². The van der Waals surface area contributed by atoms with Crippen molar-refractivity contribution in [1.82, 2.24) is 5.32 Å². The fourth-order valence-corrected chi connectivity index (χ4v) is 2.33. The standard InChI is InChI=1S/C16H37N3.3FH/c17-13-9-5-1-3-7-11-15-19-16-12-8-4-2-6-10-14-18;;;/h19H,1-18H2;3*1H. The number of nitrogens with two attached hydrogens (primary N) is 2. The van der Waals surface area contributed by atoms with E-state index < -0.39 is 0 Å². The molecule has 0 amide bonds. The van der Waals surface area contributed by atoms with Crippen molar-refractivity contribution in [2.24, 2.45) is 11.5 Å². The largest absolute Gasteiger partial charge is 0.330 e. The molecule has 22 heavy (non-hydrogen) atoms. The second-order valence-corrected chi connectivity index (χ2v) is 5.57. The molecule has 0 saturated carbocycles. The zero-order valence-electron chi connectivity index (χ0n) is 14.2. The van der Waals surface area contributed by atoms with E-state index in [9.17, 15) is 0 Å². The lowest BCUT2D eigenvalue weighted by Gasteiger charge is -2.05. The van der Waals surface area contributed by atoms with E-state index in [0.717, 1.165) is 13.1 Å². The average molecular weight is 332 g/mol. The van der Waals surface area contributed by atoms with E-state index in [1.807, 2.05) is 0 Å². The van der Waals surface area contributed by atoms with E-state index in [1.54, 1.807) is 0 Å². The molecule has 0 radical (unpaired) electrons. The van der Waals surface area contributed by atoms with Crippen LogP contribution in [0.5, 0.6) is 0 Å². The molecule has 0 spiro atoms. The monoisotopic (exact) mass is 331 g/mol.